The van der Waals surface area contributed by atoms with Crippen LogP contribution in [-0.4, -0.2) is 26.6 Å². The number of aromatic nitrogens is 3. The second-order valence-electron chi connectivity index (χ2n) is 3.66. The van der Waals surface area contributed by atoms with Gasteiger partial charge in [0.15, 0.2) is 5.82 Å². The lowest BCUT2D eigenvalue weighted by Crippen LogP contribution is -2.14. The minimum absolute atomic E-state index is 0.271. The average Bonchev–Trinajstić information content (AvgIpc) is 3.03. The molecule has 0 aromatic carbocycles. The van der Waals surface area contributed by atoms with Gasteiger partial charge in [-0.1, -0.05) is 11.6 Å². The maximum absolute atomic E-state index is 11.7. The zero-order valence-electron chi connectivity index (χ0n) is 9.07. The fourth-order valence-corrected chi connectivity index (χ4v) is 1.84. The van der Waals surface area contributed by atoms with Crippen LogP contribution in [0.2, 0.25) is 5.15 Å². The van der Waals surface area contributed by atoms with Gasteiger partial charge in [0.25, 0.3) is 5.91 Å². The van der Waals surface area contributed by atoms with Crippen molar-refractivity contribution in [1.29, 1.82) is 0 Å². The Morgan fingerprint density at radius 1 is 1.33 bits per heavy atom. The molecule has 0 fully saturated rings. The molecule has 1 aliphatic rings. The smallest absolute Gasteiger partial charge is 0.273 e. The zero-order valence-corrected chi connectivity index (χ0v) is 9.82. The summed E-state index contributed by atoms with van der Waals surface area (Å²) in [5.74, 6) is 0.268. The van der Waals surface area contributed by atoms with Gasteiger partial charge in [0, 0.05) is 18.1 Å². The molecule has 3 rings (SSSR count). The SMILES string of the molecule is O=C1NN=C(c2ncc[nH]2)/C1=C\c1ccc(Cl)[nH]1. The number of halogens is 1. The standard InChI is InChI=1S/C11H8ClN5O/c12-8-2-1-6(15-8)5-7-9(16-17-11(7)18)10-13-3-4-14-10/h1-5,15H,(H,13,14)(H,17,18)/b7-5+. The Balaban J connectivity index is 2.01. The van der Waals surface area contributed by atoms with Gasteiger partial charge in [-0.25, -0.2) is 10.4 Å². The number of hydrogen-bond donors (Lipinski definition) is 3. The van der Waals surface area contributed by atoms with Crippen LogP contribution in [-0.2, 0) is 4.79 Å². The van der Waals surface area contributed by atoms with Crippen LogP contribution in [0.15, 0.2) is 35.2 Å². The highest BCUT2D eigenvalue weighted by Crippen LogP contribution is 2.16. The van der Waals surface area contributed by atoms with Crippen molar-refractivity contribution >= 4 is 29.3 Å². The monoisotopic (exact) mass is 261 g/mol. The molecule has 0 unspecified atom stereocenters. The second kappa shape index (κ2) is 4.15. The molecule has 0 atom stereocenters. The van der Waals surface area contributed by atoms with Crippen LogP contribution in [0.25, 0.3) is 6.08 Å². The van der Waals surface area contributed by atoms with Crippen LogP contribution in [0.4, 0.5) is 0 Å². The summed E-state index contributed by atoms with van der Waals surface area (Å²) in [5.41, 5.74) is 4.05. The number of aromatic amines is 2. The summed E-state index contributed by atoms with van der Waals surface area (Å²) in [6.45, 7) is 0. The molecule has 2 aromatic heterocycles. The maximum Gasteiger partial charge on any atom is 0.273 e. The van der Waals surface area contributed by atoms with E-state index in [1.807, 2.05) is 0 Å². The van der Waals surface area contributed by atoms with Crippen LogP contribution < -0.4 is 5.43 Å². The number of carbonyl (C=O) groups is 1. The molecule has 1 amide bonds. The molecule has 0 saturated carbocycles. The van der Waals surface area contributed by atoms with E-state index in [9.17, 15) is 4.79 Å². The number of hydrogen-bond acceptors (Lipinski definition) is 3. The van der Waals surface area contributed by atoms with Crippen molar-refractivity contribution < 1.29 is 4.79 Å². The van der Waals surface area contributed by atoms with Gasteiger partial charge in [-0.2, -0.15) is 5.10 Å². The summed E-state index contributed by atoms with van der Waals surface area (Å²) in [6.07, 6.45) is 4.95. The van der Waals surface area contributed by atoms with Gasteiger partial charge in [-0.3, -0.25) is 4.79 Å². The van der Waals surface area contributed by atoms with Gasteiger partial charge in [0.05, 0.1) is 5.57 Å². The number of carbonyl (C=O) groups excluding carboxylic acids is 1. The Kier molecular flexibility index (Phi) is 2.49. The van der Waals surface area contributed by atoms with Gasteiger partial charge in [0.2, 0.25) is 0 Å². The van der Waals surface area contributed by atoms with E-state index in [1.165, 1.54) is 0 Å². The first-order valence-corrected chi connectivity index (χ1v) is 5.56. The first kappa shape index (κ1) is 10.8. The van der Waals surface area contributed by atoms with Crippen molar-refractivity contribution in [3.63, 3.8) is 0 Å². The predicted molar refractivity (Wildman–Crippen MR) is 67.0 cm³/mol. The van der Waals surface area contributed by atoms with Crippen LogP contribution in [0.3, 0.4) is 0 Å². The summed E-state index contributed by atoms with van der Waals surface area (Å²) in [7, 11) is 0. The molecule has 7 heteroatoms. The summed E-state index contributed by atoms with van der Waals surface area (Å²) in [4.78, 5) is 21.6. The minimum atomic E-state index is -0.271. The van der Waals surface area contributed by atoms with Crippen molar-refractivity contribution in [2.24, 2.45) is 5.10 Å². The number of nitrogens with zero attached hydrogens (tertiary/aromatic N) is 2. The zero-order chi connectivity index (χ0) is 12.5. The first-order chi connectivity index (χ1) is 8.74. The Bertz CT molecular complexity index is 653. The molecule has 90 valence electrons. The van der Waals surface area contributed by atoms with Gasteiger partial charge >= 0.3 is 0 Å². The van der Waals surface area contributed by atoms with Gasteiger partial charge in [-0.05, 0) is 18.2 Å². The second-order valence-corrected chi connectivity index (χ2v) is 4.07. The van der Waals surface area contributed by atoms with E-state index in [4.69, 9.17) is 11.6 Å². The van der Waals surface area contributed by atoms with Gasteiger partial charge in [-0.15, -0.1) is 0 Å². The van der Waals surface area contributed by atoms with Gasteiger partial charge in [0.1, 0.15) is 10.9 Å². The van der Waals surface area contributed by atoms with E-state index in [1.54, 1.807) is 30.6 Å². The summed E-state index contributed by atoms with van der Waals surface area (Å²) in [6, 6.07) is 3.49. The molecule has 0 aliphatic carbocycles. The first-order valence-electron chi connectivity index (χ1n) is 5.18. The molecular formula is C11H8ClN5O. The van der Waals surface area contributed by atoms with Crippen molar-refractivity contribution in [3.05, 3.63) is 46.8 Å². The lowest BCUT2D eigenvalue weighted by Gasteiger charge is -1.96. The Morgan fingerprint density at radius 3 is 2.89 bits per heavy atom. The molecule has 3 heterocycles. The molecule has 0 spiro atoms. The van der Waals surface area contributed by atoms with Crippen molar-refractivity contribution in [1.82, 2.24) is 20.4 Å². The van der Waals surface area contributed by atoms with E-state index in [0.29, 0.717) is 22.3 Å². The third-order valence-corrected chi connectivity index (χ3v) is 2.68. The van der Waals surface area contributed by atoms with Crippen LogP contribution in [0.5, 0.6) is 0 Å². The number of nitrogens with one attached hydrogen (secondary N) is 3. The molecule has 0 radical (unpaired) electrons. The van der Waals surface area contributed by atoms with E-state index in [0.717, 1.165) is 5.69 Å². The normalized spacial score (nSPS) is 17.1. The fourth-order valence-electron chi connectivity index (χ4n) is 1.67. The predicted octanol–water partition coefficient (Wildman–Crippen LogP) is 1.31. The Morgan fingerprint density at radius 2 is 2.22 bits per heavy atom. The maximum atomic E-state index is 11.7. The van der Waals surface area contributed by atoms with Gasteiger partial charge < -0.3 is 9.97 Å². The summed E-state index contributed by atoms with van der Waals surface area (Å²) >= 11 is 5.78. The van der Waals surface area contributed by atoms with Crippen molar-refractivity contribution in [3.8, 4) is 0 Å². The molecule has 18 heavy (non-hydrogen) atoms. The highest BCUT2D eigenvalue weighted by molar-refractivity contribution is 6.32. The van der Waals surface area contributed by atoms with Crippen LogP contribution >= 0.6 is 11.6 Å². The summed E-state index contributed by atoms with van der Waals surface area (Å²) < 4.78 is 0. The van der Waals surface area contributed by atoms with Crippen molar-refractivity contribution in [2.45, 2.75) is 0 Å². The average molecular weight is 262 g/mol. The van der Waals surface area contributed by atoms with E-state index in [2.05, 4.69) is 25.5 Å². The number of H-pyrrole nitrogens is 2. The van der Waals surface area contributed by atoms with E-state index < -0.39 is 0 Å². The molecule has 2 aromatic rings. The number of imidazole rings is 1. The largest absolute Gasteiger partial charge is 0.346 e. The number of amides is 1. The third-order valence-electron chi connectivity index (χ3n) is 2.46. The topological polar surface area (TPSA) is 85.9 Å². The molecule has 0 bridgehead atoms. The van der Waals surface area contributed by atoms with Crippen LogP contribution in [0, 0.1) is 0 Å². The highest BCUT2D eigenvalue weighted by Gasteiger charge is 2.25. The molecular weight excluding hydrogens is 254 g/mol. The quantitative estimate of drug-likeness (QED) is 0.712. The fraction of sp³-hybridized carbons (Fsp3) is 0. The molecule has 3 N–H and O–H groups in total. The lowest BCUT2D eigenvalue weighted by atomic mass is 10.1. The number of rotatable bonds is 2. The third kappa shape index (κ3) is 1.82. The highest BCUT2D eigenvalue weighted by atomic mass is 35.5. The minimum Gasteiger partial charge on any atom is -0.346 e. The molecule has 6 nitrogen and oxygen atoms in total. The Labute approximate surface area is 107 Å². The Hall–Kier alpha value is -2.34. The van der Waals surface area contributed by atoms with E-state index in [-0.39, 0.29) is 5.91 Å². The lowest BCUT2D eigenvalue weighted by molar-refractivity contribution is -0.116. The summed E-state index contributed by atoms with van der Waals surface area (Å²) in [5, 5.41) is 4.46. The van der Waals surface area contributed by atoms with Crippen LogP contribution in [0.1, 0.15) is 11.5 Å². The number of hydrazone groups is 1. The van der Waals surface area contributed by atoms with E-state index >= 15 is 0 Å². The molecule has 1 aliphatic heterocycles. The van der Waals surface area contributed by atoms with Crippen molar-refractivity contribution in [2.75, 3.05) is 0 Å². The molecule has 0 saturated heterocycles.